The minimum atomic E-state index is -0.540. The number of carbonyl (C=O) groups is 1. The van der Waals surface area contributed by atoms with Gasteiger partial charge in [0.15, 0.2) is 0 Å². The van der Waals surface area contributed by atoms with Crippen molar-refractivity contribution in [3.8, 4) is 27.8 Å². The second-order valence-corrected chi connectivity index (χ2v) is 10.6. The van der Waals surface area contributed by atoms with Gasteiger partial charge in [-0.1, -0.05) is 6.07 Å². The van der Waals surface area contributed by atoms with Crippen LogP contribution in [0.2, 0.25) is 0 Å². The van der Waals surface area contributed by atoms with Gasteiger partial charge in [0.1, 0.15) is 34.2 Å². The summed E-state index contributed by atoms with van der Waals surface area (Å²) in [5.41, 5.74) is 10.4. The fraction of sp³-hybridized carbons (Fsp3) is 0.286. The molecular weight excluding hydrogens is 514 g/mol. The Morgan fingerprint density at radius 2 is 2.00 bits per heavy atom. The second kappa shape index (κ2) is 10.5. The molecule has 1 fully saturated rings. The van der Waals surface area contributed by atoms with E-state index in [0.717, 1.165) is 58.7 Å². The first-order chi connectivity index (χ1) is 18.9. The maximum Gasteiger partial charge on any atom is 0.262 e. The number of nitrogens with one attached hydrogen (secondary N) is 1. The van der Waals surface area contributed by atoms with Gasteiger partial charge in [-0.25, -0.2) is 9.97 Å². The molecule has 5 heterocycles. The molecule has 1 aliphatic rings. The Labute approximate surface area is 229 Å². The first-order valence-corrected chi connectivity index (χ1v) is 13.7. The van der Waals surface area contributed by atoms with Gasteiger partial charge in [-0.3, -0.25) is 14.0 Å². The summed E-state index contributed by atoms with van der Waals surface area (Å²) in [7, 11) is 1.89. The minimum Gasteiger partial charge on any atom is -0.484 e. The fourth-order valence-corrected chi connectivity index (χ4v) is 5.69. The molecule has 0 bridgehead atoms. The van der Waals surface area contributed by atoms with Crippen LogP contribution < -0.4 is 20.5 Å². The maximum absolute atomic E-state index is 12.4. The highest BCUT2D eigenvalue weighted by molar-refractivity contribution is 7.16. The number of amides is 1. The highest BCUT2D eigenvalue weighted by atomic mass is 32.1. The van der Waals surface area contributed by atoms with E-state index < -0.39 is 5.91 Å². The number of thiophene rings is 1. The quantitative estimate of drug-likeness (QED) is 0.300. The molecule has 4 aromatic heterocycles. The number of aryl methyl sites for hydroxylation is 1. The van der Waals surface area contributed by atoms with Crippen molar-refractivity contribution in [2.45, 2.75) is 32.0 Å². The monoisotopic (exact) mass is 543 g/mol. The van der Waals surface area contributed by atoms with E-state index in [0.29, 0.717) is 16.5 Å². The summed E-state index contributed by atoms with van der Waals surface area (Å²) in [5, 5.41) is 8.38. The Hall–Kier alpha value is -4.22. The Kier molecular flexibility index (Phi) is 6.76. The van der Waals surface area contributed by atoms with Crippen LogP contribution in [0.3, 0.4) is 0 Å². The summed E-state index contributed by atoms with van der Waals surface area (Å²) in [6, 6.07) is 11.7. The van der Waals surface area contributed by atoms with Crippen molar-refractivity contribution >= 4 is 28.3 Å². The first kappa shape index (κ1) is 25.1. The molecule has 0 aliphatic carbocycles. The minimum absolute atomic E-state index is 0.150. The summed E-state index contributed by atoms with van der Waals surface area (Å²) >= 11 is 1.27. The number of hydrogen-bond acceptors (Lipinski definition) is 8. The molecule has 1 saturated heterocycles. The lowest BCUT2D eigenvalue weighted by atomic mass is 10.1. The lowest BCUT2D eigenvalue weighted by molar-refractivity contribution is 0.0998. The average molecular weight is 544 g/mol. The molecule has 0 radical (unpaired) electrons. The third kappa shape index (κ3) is 5.23. The number of primary amides is 1. The zero-order chi connectivity index (χ0) is 26.9. The lowest BCUT2D eigenvalue weighted by Gasteiger charge is -2.23. The van der Waals surface area contributed by atoms with Crippen molar-refractivity contribution in [3.05, 3.63) is 71.8 Å². The standard InChI is InChI=1S/C28H29N7O3S/c1-17(18-5-10-31-25(12-18)38-21-6-8-30-9-7-21)37-24-13-26(39-27(24)28(29)36)35-16-32-22-11-19(3-4-23(22)35)20-14-33-34(2)15-20/h3-5,10-17,21,30H,6-9H2,1-2H3,(H2,29,36). The van der Waals surface area contributed by atoms with Gasteiger partial charge >= 0.3 is 0 Å². The summed E-state index contributed by atoms with van der Waals surface area (Å²) < 4.78 is 16.1. The van der Waals surface area contributed by atoms with Crippen LogP contribution in [0.25, 0.3) is 27.2 Å². The van der Waals surface area contributed by atoms with E-state index in [9.17, 15) is 4.79 Å². The SMILES string of the molecule is CC(Oc1cc(-n2cnc3cc(-c4cnn(C)c4)ccc32)sc1C(N)=O)c1ccnc(OC2CCNCC2)c1. The third-order valence-corrected chi connectivity index (χ3v) is 7.97. The van der Waals surface area contributed by atoms with Crippen LogP contribution in [0.15, 0.2) is 61.3 Å². The molecule has 1 amide bonds. The van der Waals surface area contributed by atoms with Crippen molar-refractivity contribution in [2.24, 2.45) is 12.8 Å². The van der Waals surface area contributed by atoms with Gasteiger partial charge < -0.3 is 20.5 Å². The first-order valence-electron chi connectivity index (χ1n) is 12.8. The van der Waals surface area contributed by atoms with E-state index in [1.165, 1.54) is 11.3 Å². The molecule has 1 unspecified atom stereocenters. The van der Waals surface area contributed by atoms with Crippen LogP contribution in [-0.4, -0.2) is 49.4 Å². The van der Waals surface area contributed by atoms with E-state index >= 15 is 0 Å². The van der Waals surface area contributed by atoms with Crippen LogP contribution in [0.5, 0.6) is 11.6 Å². The van der Waals surface area contributed by atoms with Gasteiger partial charge in [0.25, 0.3) is 5.91 Å². The largest absolute Gasteiger partial charge is 0.484 e. The van der Waals surface area contributed by atoms with Crippen molar-refractivity contribution in [2.75, 3.05) is 13.1 Å². The molecule has 5 aromatic rings. The number of aromatic nitrogens is 5. The van der Waals surface area contributed by atoms with Gasteiger partial charge in [0.05, 0.1) is 17.2 Å². The highest BCUT2D eigenvalue weighted by Gasteiger charge is 2.21. The Bertz CT molecular complexity index is 1630. The van der Waals surface area contributed by atoms with Crippen LogP contribution in [0, 0.1) is 0 Å². The van der Waals surface area contributed by atoms with Gasteiger partial charge in [0.2, 0.25) is 5.88 Å². The molecule has 10 nitrogen and oxygen atoms in total. The van der Waals surface area contributed by atoms with Crippen LogP contribution in [-0.2, 0) is 7.05 Å². The average Bonchev–Trinajstić information content (AvgIpc) is 3.67. The summed E-state index contributed by atoms with van der Waals surface area (Å²) in [5.74, 6) is 0.467. The van der Waals surface area contributed by atoms with E-state index in [4.69, 9.17) is 15.2 Å². The van der Waals surface area contributed by atoms with Crippen LogP contribution >= 0.6 is 11.3 Å². The van der Waals surface area contributed by atoms with E-state index in [-0.39, 0.29) is 12.2 Å². The Morgan fingerprint density at radius 3 is 2.77 bits per heavy atom. The number of hydrogen-bond donors (Lipinski definition) is 2. The molecule has 0 saturated carbocycles. The van der Waals surface area contributed by atoms with Crippen molar-refractivity contribution < 1.29 is 14.3 Å². The number of pyridine rings is 1. The van der Waals surface area contributed by atoms with Crippen LogP contribution in [0.1, 0.15) is 41.1 Å². The predicted molar refractivity (Wildman–Crippen MR) is 149 cm³/mol. The number of nitrogens with two attached hydrogens (primary N) is 1. The molecule has 1 atom stereocenters. The molecule has 200 valence electrons. The van der Waals surface area contributed by atoms with Gasteiger partial charge in [-0.05, 0) is 62.2 Å². The normalized spacial score (nSPS) is 14.9. The number of nitrogens with zero attached hydrogens (tertiary/aromatic N) is 5. The Balaban J connectivity index is 1.25. The fourth-order valence-electron chi connectivity index (χ4n) is 4.76. The highest BCUT2D eigenvalue weighted by Crippen LogP contribution is 2.36. The molecule has 39 heavy (non-hydrogen) atoms. The van der Waals surface area contributed by atoms with E-state index in [1.807, 2.05) is 67.3 Å². The molecule has 3 N–H and O–H groups in total. The topological polar surface area (TPSA) is 122 Å². The van der Waals surface area contributed by atoms with Gasteiger partial charge in [0, 0.05) is 37.1 Å². The number of carbonyl (C=O) groups excluding carboxylic acids is 1. The zero-order valence-electron chi connectivity index (χ0n) is 21.7. The van der Waals surface area contributed by atoms with Gasteiger partial charge in [-0.2, -0.15) is 5.10 Å². The molecule has 6 rings (SSSR count). The lowest BCUT2D eigenvalue weighted by Crippen LogP contribution is -2.34. The van der Waals surface area contributed by atoms with Crippen molar-refractivity contribution in [3.63, 3.8) is 0 Å². The smallest absolute Gasteiger partial charge is 0.262 e. The summed E-state index contributed by atoms with van der Waals surface area (Å²) in [6.45, 7) is 3.81. The summed E-state index contributed by atoms with van der Waals surface area (Å²) in [6.07, 6.45) is 8.95. The molecule has 0 spiro atoms. The predicted octanol–water partition coefficient (Wildman–Crippen LogP) is 4.25. The van der Waals surface area contributed by atoms with E-state index in [1.54, 1.807) is 17.2 Å². The van der Waals surface area contributed by atoms with Crippen molar-refractivity contribution in [1.82, 2.24) is 29.6 Å². The second-order valence-electron chi connectivity index (χ2n) is 9.62. The maximum atomic E-state index is 12.4. The Morgan fingerprint density at radius 1 is 1.15 bits per heavy atom. The number of rotatable bonds is 8. The van der Waals surface area contributed by atoms with Crippen LogP contribution in [0.4, 0.5) is 0 Å². The molecule has 11 heteroatoms. The number of ether oxygens (including phenoxy) is 2. The molecule has 1 aliphatic heterocycles. The third-order valence-electron chi connectivity index (χ3n) is 6.84. The van der Waals surface area contributed by atoms with Crippen molar-refractivity contribution in [1.29, 1.82) is 0 Å². The zero-order valence-corrected chi connectivity index (χ0v) is 22.5. The number of fused-ring (bicyclic) bond motifs is 1. The number of imidazole rings is 1. The van der Waals surface area contributed by atoms with Gasteiger partial charge in [-0.15, -0.1) is 11.3 Å². The molecule has 1 aromatic carbocycles. The van der Waals surface area contributed by atoms with E-state index in [2.05, 4.69) is 20.4 Å². The summed E-state index contributed by atoms with van der Waals surface area (Å²) in [4.78, 5) is 21.7. The number of piperidine rings is 1. The number of benzene rings is 1. The molecular formula is C28H29N7O3S.